The fraction of sp³-hybridized carbons (Fsp3) is 0.421. The first-order valence-corrected chi connectivity index (χ1v) is 8.50. The second-order valence-corrected chi connectivity index (χ2v) is 6.57. The largest absolute Gasteiger partial charge is 0.453 e. The molecule has 0 saturated carbocycles. The van der Waals surface area contributed by atoms with E-state index < -0.39 is 0 Å². The standard InChI is InChI=1S/C19H23FN2O3/c1-12-8-14(20)5-6-17(12)22-7-3-4-15(10-22)21-19(24)18-13(2)9-16(11-23)25-18/h5-6,8-9,15,23H,3-4,7,10-11H2,1-2H3,(H,21,24)/t15-/m1/s1. The average molecular weight is 346 g/mol. The van der Waals surface area contributed by atoms with E-state index in [0.717, 1.165) is 30.6 Å². The summed E-state index contributed by atoms with van der Waals surface area (Å²) in [7, 11) is 0. The Bertz CT molecular complexity index is 772. The number of aryl methyl sites for hydroxylation is 2. The number of carbonyl (C=O) groups is 1. The van der Waals surface area contributed by atoms with Gasteiger partial charge in [0.05, 0.1) is 0 Å². The second kappa shape index (κ2) is 7.27. The zero-order valence-electron chi connectivity index (χ0n) is 14.5. The Hall–Kier alpha value is -2.34. The molecule has 1 aliphatic rings. The number of aliphatic hydroxyl groups is 1. The maximum atomic E-state index is 13.3. The van der Waals surface area contributed by atoms with Crippen molar-refractivity contribution < 1.29 is 18.7 Å². The van der Waals surface area contributed by atoms with Gasteiger partial charge in [0.1, 0.15) is 18.2 Å². The topological polar surface area (TPSA) is 65.7 Å². The van der Waals surface area contributed by atoms with E-state index in [0.29, 0.717) is 17.9 Å². The molecule has 1 aromatic carbocycles. The van der Waals surface area contributed by atoms with E-state index in [1.165, 1.54) is 12.1 Å². The van der Waals surface area contributed by atoms with Gasteiger partial charge >= 0.3 is 0 Å². The van der Waals surface area contributed by atoms with Gasteiger partial charge in [-0.2, -0.15) is 0 Å². The highest BCUT2D eigenvalue weighted by Crippen LogP contribution is 2.25. The zero-order valence-corrected chi connectivity index (χ0v) is 14.5. The Kier molecular flexibility index (Phi) is 5.08. The summed E-state index contributed by atoms with van der Waals surface area (Å²) >= 11 is 0. The third-order valence-corrected chi connectivity index (χ3v) is 4.59. The third-order valence-electron chi connectivity index (χ3n) is 4.59. The minimum atomic E-state index is -0.264. The van der Waals surface area contributed by atoms with E-state index >= 15 is 0 Å². The van der Waals surface area contributed by atoms with Crippen LogP contribution in [0.25, 0.3) is 0 Å². The van der Waals surface area contributed by atoms with E-state index in [1.807, 2.05) is 6.92 Å². The van der Waals surface area contributed by atoms with Crippen LogP contribution < -0.4 is 10.2 Å². The second-order valence-electron chi connectivity index (χ2n) is 6.57. The van der Waals surface area contributed by atoms with Gasteiger partial charge in [-0.15, -0.1) is 0 Å². The highest BCUT2D eigenvalue weighted by atomic mass is 19.1. The van der Waals surface area contributed by atoms with Crippen molar-refractivity contribution in [1.82, 2.24) is 5.32 Å². The Morgan fingerprint density at radius 1 is 1.36 bits per heavy atom. The number of nitrogens with one attached hydrogen (secondary N) is 1. The summed E-state index contributed by atoms with van der Waals surface area (Å²) in [5, 5.41) is 12.1. The molecule has 1 aliphatic heterocycles. The number of benzene rings is 1. The maximum absolute atomic E-state index is 13.3. The van der Waals surface area contributed by atoms with E-state index in [2.05, 4.69) is 10.2 Å². The summed E-state index contributed by atoms with van der Waals surface area (Å²) in [5.41, 5.74) is 2.60. The first kappa shape index (κ1) is 17.5. The molecule has 0 unspecified atom stereocenters. The fourth-order valence-electron chi connectivity index (χ4n) is 3.39. The van der Waals surface area contributed by atoms with Crippen LogP contribution in [0.3, 0.4) is 0 Å². The third kappa shape index (κ3) is 3.85. The van der Waals surface area contributed by atoms with Crippen molar-refractivity contribution in [3.8, 4) is 0 Å². The molecule has 0 radical (unpaired) electrons. The van der Waals surface area contributed by atoms with Crippen LogP contribution in [-0.4, -0.2) is 30.1 Å². The molecule has 6 heteroatoms. The minimum Gasteiger partial charge on any atom is -0.453 e. The molecule has 134 valence electrons. The molecule has 1 fully saturated rings. The summed E-state index contributed by atoms with van der Waals surface area (Å²) in [6, 6.07) is 6.45. The number of rotatable bonds is 4. The molecule has 0 spiro atoms. The predicted molar refractivity (Wildman–Crippen MR) is 93.2 cm³/mol. The summed E-state index contributed by atoms with van der Waals surface area (Å²) < 4.78 is 18.7. The van der Waals surface area contributed by atoms with E-state index in [-0.39, 0.29) is 30.1 Å². The Labute approximate surface area is 146 Å². The number of anilines is 1. The Morgan fingerprint density at radius 2 is 2.16 bits per heavy atom. The molecular weight excluding hydrogens is 323 g/mol. The SMILES string of the molecule is Cc1cc(F)ccc1N1CCC[C@@H](NC(=O)c2oc(CO)cc2C)C1. The van der Waals surface area contributed by atoms with Crippen LogP contribution in [0.1, 0.15) is 40.3 Å². The number of halogens is 1. The number of carbonyl (C=O) groups excluding carboxylic acids is 1. The molecule has 0 aliphatic carbocycles. The smallest absolute Gasteiger partial charge is 0.287 e. The van der Waals surface area contributed by atoms with E-state index in [9.17, 15) is 9.18 Å². The van der Waals surface area contributed by atoms with Gasteiger partial charge in [-0.25, -0.2) is 4.39 Å². The number of aliphatic hydroxyl groups excluding tert-OH is 1. The first-order valence-electron chi connectivity index (χ1n) is 8.50. The fourth-order valence-corrected chi connectivity index (χ4v) is 3.39. The van der Waals surface area contributed by atoms with Crippen molar-refractivity contribution in [2.75, 3.05) is 18.0 Å². The van der Waals surface area contributed by atoms with Gasteiger partial charge in [-0.1, -0.05) is 0 Å². The molecule has 5 nitrogen and oxygen atoms in total. The molecule has 2 aromatic rings. The van der Waals surface area contributed by atoms with Gasteiger partial charge in [0.25, 0.3) is 5.91 Å². The number of amides is 1. The molecule has 1 saturated heterocycles. The molecular formula is C19H23FN2O3. The predicted octanol–water partition coefficient (Wildman–Crippen LogP) is 2.93. The maximum Gasteiger partial charge on any atom is 0.287 e. The van der Waals surface area contributed by atoms with E-state index in [1.54, 1.807) is 19.1 Å². The summed E-state index contributed by atoms with van der Waals surface area (Å²) in [6.07, 6.45) is 1.83. The van der Waals surface area contributed by atoms with Gasteiger partial charge in [-0.3, -0.25) is 4.79 Å². The van der Waals surface area contributed by atoms with Gasteiger partial charge in [0.2, 0.25) is 0 Å². The normalized spacial score (nSPS) is 17.6. The van der Waals surface area contributed by atoms with Crippen molar-refractivity contribution in [2.45, 2.75) is 39.3 Å². The molecule has 0 bridgehead atoms. The number of hydrogen-bond acceptors (Lipinski definition) is 4. The highest BCUT2D eigenvalue weighted by molar-refractivity contribution is 5.93. The van der Waals surface area contributed by atoms with E-state index in [4.69, 9.17) is 9.52 Å². The van der Waals surface area contributed by atoms with Crippen molar-refractivity contribution in [1.29, 1.82) is 0 Å². The van der Waals surface area contributed by atoms with Crippen LogP contribution in [0.4, 0.5) is 10.1 Å². The monoisotopic (exact) mass is 346 g/mol. The van der Waals surface area contributed by atoms with Crippen LogP contribution in [0, 0.1) is 19.7 Å². The Balaban J connectivity index is 1.69. The number of furan rings is 1. The van der Waals surface area contributed by atoms with Gasteiger partial charge in [-0.05, 0) is 56.5 Å². The molecule has 25 heavy (non-hydrogen) atoms. The first-order chi connectivity index (χ1) is 12.0. The van der Waals surface area contributed by atoms with Crippen molar-refractivity contribution in [2.24, 2.45) is 0 Å². The Morgan fingerprint density at radius 3 is 2.84 bits per heavy atom. The number of piperidine rings is 1. The van der Waals surface area contributed by atoms with Gasteiger partial charge in [0.15, 0.2) is 5.76 Å². The summed E-state index contributed by atoms with van der Waals surface area (Å²) in [5.74, 6) is 0.130. The lowest BCUT2D eigenvalue weighted by Gasteiger charge is -2.35. The average Bonchev–Trinajstić information content (AvgIpc) is 2.96. The minimum absolute atomic E-state index is 0.00669. The zero-order chi connectivity index (χ0) is 18.0. The lowest BCUT2D eigenvalue weighted by atomic mass is 10.0. The number of hydrogen-bond donors (Lipinski definition) is 2. The molecule has 2 heterocycles. The molecule has 1 aromatic heterocycles. The van der Waals surface area contributed by atoms with Crippen molar-refractivity contribution in [3.63, 3.8) is 0 Å². The quantitative estimate of drug-likeness (QED) is 0.893. The molecule has 3 rings (SSSR count). The van der Waals surface area contributed by atoms with Gasteiger partial charge in [0, 0.05) is 30.4 Å². The molecule has 1 atom stereocenters. The van der Waals surface area contributed by atoms with Crippen LogP contribution in [0.5, 0.6) is 0 Å². The van der Waals surface area contributed by atoms with Crippen molar-refractivity contribution >= 4 is 11.6 Å². The van der Waals surface area contributed by atoms with Crippen LogP contribution >= 0.6 is 0 Å². The molecule has 2 N–H and O–H groups in total. The number of nitrogens with zero attached hydrogens (tertiary/aromatic N) is 1. The summed E-state index contributed by atoms with van der Waals surface area (Å²) in [6.45, 7) is 5.00. The lowest BCUT2D eigenvalue weighted by molar-refractivity contribution is 0.0899. The summed E-state index contributed by atoms with van der Waals surface area (Å²) in [4.78, 5) is 14.6. The lowest BCUT2D eigenvalue weighted by Crippen LogP contribution is -2.48. The van der Waals surface area contributed by atoms with Crippen LogP contribution in [0.15, 0.2) is 28.7 Å². The van der Waals surface area contributed by atoms with Gasteiger partial charge < -0.3 is 19.7 Å². The van der Waals surface area contributed by atoms with Crippen LogP contribution in [0.2, 0.25) is 0 Å². The van der Waals surface area contributed by atoms with Crippen molar-refractivity contribution in [3.05, 3.63) is 52.7 Å². The molecule has 1 amide bonds. The van der Waals surface area contributed by atoms with Crippen LogP contribution in [-0.2, 0) is 6.61 Å². The highest BCUT2D eigenvalue weighted by Gasteiger charge is 2.25.